The number of hydrogen-bond acceptors (Lipinski definition) is 5. The number of nitrogens with one attached hydrogen (secondary N) is 1. The number of rotatable bonds is 2. The molecule has 0 saturated carbocycles. The van der Waals surface area contributed by atoms with Crippen molar-refractivity contribution in [1.29, 1.82) is 0 Å². The molecule has 3 rings (SSSR count). The quantitative estimate of drug-likeness (QED) is 0.811. The van der Waals surface area contributed by atoms with Gasteiger partial charge in [0.05, 0.1) is 0 Å². The van der Waals surface area contributed by atoms with Gasteiger partial charge in [-0.1, -0.05) is 0 Å². The van der Waals surface area contributed by atoms with E-state index in [4.69, 9.17) is 4.42 Å². The van der Waals surface area contributed by atoms with Crippen LogP contribution in [0.5, 0.6) is 0 Å². The molecule has 0 radical (unpaired) electrons. The van der Waals surface area contributed by atoms with E-state index >= 15 is 0 Å². The normalized spacial score (nSPS) is 16.2. The molecule has 1 fully saturated rings. The molecular formula is C13H15N3O2. The number of carbonyl (C=O) groups excluding carboxylic acids is 1. The molecule has 5 heteroatoms. The Morgan fingerprint density at radius 1 is 1.39 bits per heavy atom. The third-order valence-electron chi connectivity index (χ3n) is 3.15. The number of pyridine rings is 1. The zero-order valence-electron chi connectivity index (χ0n) is 10.3. The van der Waals surface area contributed by atoms with Gasteiger partial charge in [0, 0.05) is 39.2 Å². The average Bonchev–Trinajstić information content (AvgIpc) is 2.82. The molecule has 2 aromatic rings. The predicted octanol–water partition coefficient (Wildman–Crippen LogP) is 1.44. The second-order valence-electron chi connectivity index (χ2n) is 4.46. The van der Waals surface area contributed by atoms with Gasteiger partial charge in [0.15, 0.2) is 17.1 Å². The molecule has 0 aliphatic carbocycles. The van der Waals surface area contributed by atoms with Gasteiger partial charge in [0.1, 0.15) is 11.3 Å². The summed E-state index contributed by atoms with van der Waals surface area (Å²) in [5.41, 5.74) is 1.41. The van der Waals surface area contributed by atoms with E-state index in [-0.39, 0.29) is 5.78 Å². The Balaban J connectivity index is 1.96. The maximum Gasteiger partial charge on any atom is 0.195 e. The summed E-state index contributed by atoms with van der Waals surface area (Å²) in [6.45, 7) is 5.36. The molecule has 0 spiro atoms. The van der Waals surface area contributed by atoms with E-state index in [0.717, 1.165) is 37.5 Å². The molecule has 5 nitrogen and oxygen atoms in total. The largest absolute Gasteiger partial charge is 0.451 e. The molecule has 0 atom stereocenters. The van der Waals surface area contributed by atoms with Crippen molar-refractivity contribution >= 4 is 22.7 Å². The van der Waals surface area contributed by atoms with Crippen LogP contribution in [-0.4, -0.2) is 36.9 Å². The van der Waals surface area contributed by atoms with Gasteiger partial charge in [0.2, 0.25) is 0 Å². The van der Waals surface area contributed by atoms with Gasteiger partial charge in [0.25, 0.3) is 0 Å². The number of hydrogen-bond donors (Lipinski definition) is 1. The highest BCUT2D eigenvalue weighted by Crippen LogP contribution is 2.22. The van der Waals surface area contributed by atoms with Gasteiger partial charge in [-0.3, -0.25) is 4.79 Å². The molecule has 0 bridgehead atoms. The number of fused-ring (bicyclic) bond motifs is 1. The van der Waals surface area contributed by atoms with Crippen molar-refractivity contribution in [2.24, 2.45) is 0 Å². The van der Waals surface area contributed by atoms with Crippen LogP contribution in [0.15, 0.2) is 22.6 Å². The number of nitrogens with zero attached hydrogens (tertiary/aromatic N) is 2. The summed E-state index contributed by atoms with van der Waals surface area (Å²) in [5.74, 6) is 1.24. The lowest BCUT2D eigenvalue weighted by Crippen LogP contribution is -2.43. The summed E-state index contributed by atoms with van der Waals surface area (Å²) in [7, 11) is 0. The number of ketones is 1. The van der Waals surface area contributed by atoms with E-state index in [1.807, 2.05) is 12.1 Å². The standard InChI is InChI=1S/C13H15N3O2/c1-9(17)12-8-10-11(18-12)2-3-13(15-10)16-6-4-14-5-7-16/h2-3,8,14H,4-7H2,1H3. The fourth-order valence-corrected chi connectivity index (χ4v) is 2.16. The Morgan fingerprint density at radius 3 is 2.89 bits per heavy atom. The van der Waals surface area contributed by atoms with Gasteiger partial charge in [-0.25, -0.2) is 4.98 Å². The van der Waals surface area contributed by atoms with Crippen molar-refractivity contribution < 1.29 is 9.21 Å². The number of Topliss-reactive ketones (excluding diaryl/α,β-unsaturated/α-hetero) is 1. The Hall–Kier alpha value is -1.88. The van der Waals surface area contributed by atoms with E-state index in [1.165, 1.54) is 6.92 Å². The maximum atomic E-state index is 11.3. The summed E-state index contributed by atoms with van der Waals surface area (Å²) in [4.78, 5) is 18.0. The smallest absolute Gasteiger partial charge is 0.195 e. The second kappa shape index (κ2) is 4.42. The molecule has 0 amide bonds. The minimum Gasteiger partial charge on any atom is -0.451 e. The Bertz CT molecular complexity index is 585. The van der Waals surface area contributed by atoms with Crippen LogP contribution >= 0.6 is 0 Å². The molecule has 0 unspecified atom stereocenters. The fourth-order valence-electron chi connectivity index (χ4n) is 2.16. The van der Waals surface area contributed by atoms with Crippen LogP contribution in [-0.2, 0) is 0 Å². The van der Waals surface area contributed by atoms with Gasteiger partial charge in [-0.2, -0.15) is 0 Å². The van der Waals surface area contributed by atoms with Crippen LogP contribution in [0.4, 0.5) is 5.82 Å². The van der Waals surface area contributed by atoms with Gasteiger partial charge >= 0.3 is 0 Å². The van der Waals surface area contributed by atoms with Gasteiger partial charge in [-0.15, -0.1) is 0 Å². The number of aromatic nitrogens is 1. The first kappa shape index (κ1) is 11.2. The lowest BCUT2D eigenvalue weighted by Gasteiger charge is -2.28. The number of piperazine rings is 1. The number of furan rings is 1. The van der Waals surface area contributed by atoms with Crippen LogP contribution in [0.3, 0.4) is 0 Å². The Labute approximate surface area is 105 Å². The first-order chi connectivity index (χ1) is 8.74. The van der Waals surface area contributed by atoms with Crippen molar-refractivity contribution in [2.45, 2.75) is 6.92 Å². The second-order valence-corrected chi connectivity index (χ2v) is 4.46. The van der Waals surface area contributed by atoms with Crippen molar-refractivity contribution in [2.75, 3.05) is 31.1 Å². The van der Waals surface area contributed by atoms with Crippen molar-refractivity contribution in [3.05, 3.63) is 24.0 Å². The fraction of sp³-hybridized carbons (Fsp3) is 0.385. The molecule has 3 heterocycles. The third kappa shape index (κ3) is 1.97. The van der Waals surface area contributed by atoms with Gasteiger partial charge < -0.3 is 14.6 Å². The van der Waals surface area contributed by atoms with E-state index in [1.54, 1.807) is 6.07 Å². The van der Waals surface area contributed by atoms with Gasteiger partial charge in [-0.05, 0) is 12.1 Å². The van der Waals surface area contributed by atoms with E-state index in [2.05, 4.69) is 15.2 Å². The highest BCUT2D eigenvalue weighted by Gasteiger charge is 2.14. The summed E-state index contributed by atoms with van der Waals surface area (Å²) in [6.07, 6.45) is 0. The van der Waals surface area contributed by atoms with E-state index in [9.17, 15) is 4.79 Å². The van der Waals surface area contributed by atoms with Crippen LogP contribution in [0, 0.1) is 0 Å². The molecule has 1 saturated heterocycles. The molecule has 94 valence electrons. The Kier molecular flexibility index (Phi) is 2.76. The SMILES string of the molecule is CC(=O)c1cc2nc(N3CCNCC3)ccc2o1. The lowest BCUT2D eigenvalue weighted by atomic mass is 10.3. The van der Waals surface area contributed by atoms with Crippen molar-refractivity contribution in [1.82, 2.24) is 10.3 Å². The van der Waals surface area contributed by atoms with Crippen molar-refractivity contribution in [3.63, 3.8) is 0 Å². The third-order valence-corrected chi connectivity index (χ3v) is 3.15. The summed E-state index contributed by atoms with van der Waals surface area (Å²) < 4.78 is 5.43. The summed E-state index contributed by atoms with van der Waals surface area (Å²) in [6, 6.07) is 5.54. The van der Waals surface area contributed by atoms with Crippen LogP contribution in [0.1, 0.15) is 17.5 Å². The average molecular weight is 245 g/mol. The van der Waals surface area contributed by atoms with Crippen LogP contribution in [0.2, 0.25) is 0 Å². The predicted molar refractivity (Wildman–Crippen MR) is 69.1 cm³/mol. The summed E-state index contributed by atoms with van der Waals surface area (Å²) >= 11 is 0. The highest BCUT2D eigenvalue weighted by atomic mass is 16.3. The molecule has 1 aliphatic rings. The zero-order valence-corrected chi connectivity index (χ0v) is 10.3. The maximum absolute atomic E-state index is 11.3. The Morgan fingerprint density at radius 2 is 2.17 bits per heavy atom. The van der Waals surface area contributed by atoms with E-state index in [0.29, 0.717) is 11.3 Å². The monoisotopic (exact) mass is 245 g/mol. The molecule has 1 N–H and O–H groups in total. The first-order valence-corrected chi connectivity index (χ1v) is 6.11. The lowest BCUT2D eigenvalue weighted by molar-refractivity contribution is 0.0989. The van der Waals surface area contributed by atoms with E-state index < -0.39 is 0 Å². The highest BCUT2D eigenvalue weighted by molar-refractivity contribution is 5.95. The minimum absolute atomic E-state index is 0.0725. The van der Waals surface area contributed by atoms with Crippen LogP contribution in [0.25, 0.3) is 11.1 Å². The minimum atomic E-state index is -0.0725. The molecular weight excluding hydrogens is 230 g/mol. The van der Waals surface area contributed by atoms with Crippen molar-refractivity contribution in [3.8, 4) is 0 Å². The molecule has 1 aliphatic heterocycles. The topological polar surface area (TPSA) is 58.4 Å². The zero-order chi connectivity index (χ0) is 12.5. The molecule has 2 aromatic heterocycles. The first-order valence-electron chi connectivity index (χ1n) is 6.11. The summed E-state index contributed by atoms with van der Waals surface area (Å²) in [5, 5.41) is 3.31. The number of anilines is 1. The molecule has 18 heavy (non-hydrogen) atoms. The van der Waals surface area contributed by atoms with Crippen LogP contribution < -0.4 is 10.2 Å². The number of carbonyl (C=O) groups is 1. The molecule has 0 aromatic carbocycles.